The van der Waals surface area contributed by atoms with Crippen LogP contribution in [0.4, 0.5) is 11.4 Å². The third-order valence-electron chi connectivity index (χ3n) is 5.04. The zero-order valence-electron chi connectivity index (χ0n) is 14.3. The van der Waals surface area contributed by atoms with E-state index in [9.17, 15) is 9.90 Å². The molecule has 1 unspecified atom stereocenters. The molecular weight excluding hydrogens is 332 g/mol. The van der Waals surface area contributed by atoms with Crippen molar-refractivity contribution in [2.45, 2.75) is 42.1 Å². The molecule has 2 aromatic rings. The van der Waals surface area contributed by atoms with Crippen molar-refractivity contribution in [3.8, 4) is 0 Å². The Hall–Kier alpha value is -1.98. The van der Waals surface area contributed by atoms with Crippen molar-refractivity contribution in [1.29, 1.82) is 0 Å². The molecule has 4 nitrogen and oxygen atoms in total. The summed E-state index contributed by atoms with van der Waals surface area (Å²) in [7, 11) is 0. The van der Waals surface area contributed by atoms with Crippen LogP contribution in [0.1, 0.15) is 36.5 Å². The van der Waals surface area contributed by atoms with Gasteiger partial charge in [-0.2, -0.15) is 0 Å². The minimum absolute atomic E-state index is 0.257. The molecule has 0 radical (unpaired) electrons. The Morgan fingerprint density at radius 3 is 2.56 bits per heavy atom. The topological polar surface area (TPSA) is 43.8 Å². The summed E-state index contributed by atoms with van der Waals surface area (Å²) < 4.78 is 0. The highest BCUT2D eigenvalue weighted by molar-refractivity contribution is 7.99. The third-order valence-corrected chi connectivity index (χ3v) is 6.17. The van der Waals surface area contributed by atoms with E-state index in [4.69, 9.17) is 0 Å². The molecule has 2 aliphatic rings. The summed E-state index contributed by atoms with van der Waals surface area (Å²) in [5.41, 5.74) is 2.55. The Kier molecular flexibility index (Phi) is 4.44. The van der Waals surface area contributed by atoms with Crippen molar-refractivity contribution in [1.82, 2.24) is 4.90 Å². The zero-order chi connectivity index (χ0) is 17.4. The molecule has 5 heteroatoms. The average Bonchev–Trinajstić information content (AvgIpc) is 3.15. The number of hydrogen-bond acceptors (Lipinski definition) is 4. The fraction of sp³-hybridized carbons (Fsp3) is 0.350. The summed E-state index contributed by atoms with van der Waals surface area (Å²) in [5.74, 6) is -0.874. The quantitative estimate of drug-likeness (QED) is 0.853. The Morgan fingerprint density at radius 2 is 1.84 bits per heavy atom. The molecule has 2 heterocycles. The maximum Gasteiger partial charge on any atom is 0.335 e. The van der Waals surface area contributed by atoms with Gasteiger partial charge in [0, 0.05) is 22.9 Å². The number of para-hydroxylation sites is 1. The molecule has 130 valence electrons. The van der Waals surface area contributed by atoms with Gasteiger partial charge in [-0.1, -0.05) is 30.8 Å². The minimum Gasteiger partial charge on any atom is -0.478 e. The van der Waals surface area contributed by atoms with Crippen LogP contribution in [0, 0.1) is 0 Å². The van der Waals surface area contributed by atoms with Gasteiger partial charge >= 0.3 is 5.97 Å². The second kappa shape index (κ2) is 6.73. The molecule has 1 N–H and O–H groups in total. The van der Waals surface area contributed by atoms with Gasteiger partial charge < -0.3 is 10.0 Å². The van der Waals surface area contributed by atoms with Gasteiger partial charge in [0.05, 0.1) is 23.1 Å². The number of aromatic carboxylic acids is 1. The first-order valence-electron chi connectivity index (χ1n) is 8.86. The van der Waals surface area contributed by atoms with Gasteiger partial charge in [0.1, 0.15) is 0 Å². The van der Waals surface area contributed by atoms with Gasteiger partial charge in [0.15, 0.2) is 0 Å². The van der Waals surface area contributed by atoms with Gasteiger partial charge in [0.25, 0.3) is 0 Å². The average molecular weight is 354 g/mol. The van der Waals surface area contributed by atoms with E-state index in [1.807, 2.05) is 12.1 Å². The van der Waals surface area contributed by atoms with E-state index in [0.717, 1.165) is 30.1 Å². The first-order valence-corrected chi connectivity index (χ1v) is 9.68. The largest absolute Gasteiger partial charge is 0.478 e. The lowest BCUT2D eigenvalue weighted by molar-refractivity contribution is 0.0697. The van der Waals surface area contributed by atoms with E-state index < -0.39 is 5.97 Å². The maximum absolute atomic E-state index is 11.5. The Labute approximate surface area is 152 Å². The lowest BCUT2D eigenvalue weighted by atomic mass is 10.1. The van der Waals surface area contributed by atoms with Gasteiger partial charge in [0.2, 0.25) is 0 Å². The number of carboxylic acid groups (broad SMARTS) is 1. The first kappa shape index (κ1) is 16.5. The van der Waals surface area contributed by atoms with E-state index in [-0.39, 0.29) is 6.17 Å². The van der Waals surface area contributed by atoms with Crippen LogP contribution in [-0.4, -0.2) is 35.2 Å². The van der Waals surface area contributed by atoms with E-state index in [2.05, 4.69) is 41.0 Å². The minimum atomic E-state index is -0.874. The summed E-state index contributed by atoms with van der Waals surface area (Å²) in [4.78, 5) is 18.7. The van der Waals surface area contributed by atoms with Crippen LogP contribution in [0.2, 0.25) is 0 Å². The van der Waals surface area contributed by atoms with Crippen molar-refractivity contribution in [2.24, 2.45) is 0 Å². The van der Waals surface area contributed by atoms with Crippen molar-refractivity contribution >= 4 is 29.1 Å². The number of anilines is 2. The maximum atomic E-state index is 11.5. The molecule has 2 aliphatic heterocycles. The molecule has 1 fully saturated rings. The molecule has 0 saturated carbocycles. The summed E-state index contributed by atoms with van der Waals surface area (Å²) in [6.07, 6.45) is 3.73. The molecule has 0 bridgehead atoms. The van der Waals surface area contributed by atoms with Crippen molar-refractivity contribution in [3.63, 3.8) is 0 Å². The summed E-state index contributed by atoms with van der Waals surface area (Å²) in [6, 6.07) is 13.9. The molecule has 4 rings (SSSR count). The first-order chi connectivity index (χ1) is 12.2. The smallest absolute Gasteiger partial charge is 0.335 e. The molecule has 0 amide bonds. The zero-order valence-corrected chi connectivity index (χ0v) is 15.1. The standard InChI is InChI=1S/C20H22N2O2S/c1-2-19(21-11-5-6-12-21)22-15-7-3-4-8-17(15)25-18-10-9-14(20(23)24)13-16(18)22/h3-4,7-10,13,19H,2,5-6,11-12H2,1H3,(H,23,24). The number of hydrogen-bond donors (Lipinski definition) is 1. The number of fused-ring (bicyclic) bond motifs is 2. The monoisotopic (exact) mass is 354 g/mol. The van der Waals surface area contributed by atoms with Gasteiger partial charge in [-0.15, -0.1) is 0 Å². The lowest BCUT2D eigenvalue weighted by Gasteiger charge is -2.42. The second-order valence-electron chi connectivity index (χ2n) is 6.56. The van der Waals surface area contributed by atoms with E-state index >= 15 is 0 Å². The lowest BCUT2D eigenvalue weighted by Crippen LogP contribution is -2.45. The van der Waals surface area contributed by atoms with Crippen LogP contribution in [0.3, 0.4) is 0 Å². The van der Waals surface area contributed by atoms with Gasteiger partial charge in [-0.05, 0) is 49.6 Å². The van der Waals surface area contributed by atoms with Gasteiger partial charge in [-0.25, -0.2) is 4.79 Å². The number of nitrogens with zero attached hydrogens (tertiary/aromatic N) is 2. The third kappa shape index (κ3) is 2.92. The highest BCUT2D eigenvalue weighted by Gasteiger charge is 2.33. The predicted octanol–water partition coefficient (Wildman–Crippen LogP) is 4.82. The SMILES string of the molecule is CCC(N1CCCC1)N1c2ccccc2Sc2ccc(C(=O)O)cc21. The fourth-order valence-electron chi connectivity index (χ4n) is 3.88. The van der Waals surface area contributed by atoms with Crippen LogP contribution in [-0.2, 0) is 0 Å². The van der Waals surface area contributed by atoms with Crippen LogP contribution >= 0.6 is 11.8 Å². The fourth-order valence-corrected chi connectivity index (χ4v) is 4.93. The van der Waals surface area contributed by atoms with Crippen LogP contribution in [0.25, 0.3) is 0 Å². The number of carboxylic acids is 1. The summed E-state index contributed by atoms with van der Waals surface area (Å²) in [6.45, 7) is 4.44. The molecule has 2 aromatic carbocycles. The Bertz CT molecular complexity index is 802. The van der Waals surface area contributed by atoms with Crippen LogP contribution < -0.4 is 4.90 Å². The number of likely N-dealkylation sites (tertiary alicyclic amines) is 1. The Balaban J connectivity index is 1.86. The highest BCUT2D eigenvalue weighted by Crippen LogP contribution is 2.50. The highest BCUT2D eigenvalue weighted by atomic mass is 32.2. The van der Waals surface area contributed by atoms with Crippen molar-refractivity contribution < 1.29 is 9.90 Å². The van der Waals surface area contributed by atoms with E-state index in [1.165, 1.54) is 23.4 Å². The summed E-state index contributed by atoms with van der Waals surface area (Å²) >= 11 is 1.72. The second-order valence-corrected chi connectivity index (χ2v) is 7.64. The summed E-state index contributed by atoms with van der Waals surface area (Å²) in [5, 5.41) is 9.44. The molecule has 0 aliphatic carbocycles. The van der Waals surface area contributed by atoms with Crippen LogP contribution in [0.15, 0.2) is 52.3 Å². The molecule has 1 atom stereocenters. The molecule has 0 aromatic heterocycles. The van der Waals surface area contributed by atoms with Crippen molar-refractivity contribution in [3.05, 3.63) is 48.0 Å². The van der Waals surface area contributed by atoms with Crippen molar-refractivity contribution in [2.75, 3.05) is 18.0 Å². The number of carbonyl (C=O) groups is 1. The van der Waals surface area contributed by atoms with E-state index in [1.54, 1.807) is 17.8 Å². The van der Waals surface area contributed by atoms with Crippen LogP contribution in [0.5, 0.6) is 0 Å². The number of rotatable bonds is 4. The van der Waals surface area contributed by atoms with Gasteiger partial charge in [-0.3, -0.25) is 4.90 Å². The predicted molar refractivity (Wildman–Crippen MR) is 101 cm³/mol. The molecular formula is C20H22N2O2S. The normalized spacial score (nSPS) is 17.9. The number of benzene rings is 2. The van der Waals surface area contributed by atoms with E-state index in [0.29, 0.717) is 5.56 Å². The molecule has 1 saturated heterocycles. The Morgan fingerprint density at radius 1 is 1.12 bits per heavy atom. The molecule has 25 heavy (non-hydrogen) atoms. The molecule has 0 spiro atoms.